The quantitative estimate of drug-likeness (QED) is 0.899. The standard InChI is InChI=1S/C15H24N2O4S/c1-4-15(5-2)6-8-17(9-7-15)22(20,21)12-10-13(14(18)19)16(3)11-12/h10-11H,4-9H2,1-3H3,(H,18,19). The number of aromatic carboxylic acids is 1. The van der Waals surface area contributed by atoms with E-state index in [9.17, 15) is 13.2 Å². The van der Waals surface area contributed by atoms with E-state index in [1.54, 1.807) is 0 Å². The molecule has 0 spiro atoms. The normalized spacial score (nSPS) is 19.2. The number of nitrogens with zero attached hydrogens (tertiary/aromatic N) is 2. The zero-order valence-corrected chi connectivity index (χ0v) is 14.2. The molecule has 2 rings (SSSR count). The first-order chi connectivity index (χ1) is 10.3. The second kappa shape index (κ2) is 6.04. The maximum atomic E-state index is 12.7. The summed E-state index contributed by atoms with van der Waals surface area (Å²) in [6.45, 7) is 5.32. The van der Waals surface area contributed by atoms with Gasteiger partial charge in [-0.15, -0.1) is 0 Å². The molecule has 1 aromatic rings. The molecule has 124 valence electrons. The lowest BCUT2D eigenvalue weighted by Crippen LogP contribution is -2.42. The molecule has 1 aliphatic heterocycles. The zero-order chi connectivity index (χ0) is 16.5. The van der Waals surface area contributed by atoms with Gasteiger partial charge in [0.2, 0.25) is 10.0 Å². The number of hydrogen-bond donors (Lipinski definition) is 1. The highest BCUT2D eigenvalue weighted by molar-refractivity contribution is 7.89. The number of aromatic nitrogens is 1. The van der Waals surface area contributed by atoms with Crippen LogP contribution in [0.2, 0.25) is 0 Å². The summed E-state index contributed by atoms with van der Waals surface area (Å²) in [6.07, 6.45) is 5.22. The minimum absolute atomic E-state index is 0.0213. The van der Waals surface area contributed by atoms with Crippen molar-refractivity contribution in [3.8, 4) is 0 Å². The molecule has 0 aromatic carbocycles. The van der Waals surface area contributed by atoms with Gasteiger partial charge in [0.15, 0.2) is 0 Å². The third-order valence-electron chi connectivity index (χ3n) is 5.12. The van der Waals surface area contributed by atoms with Gasteiger partial charge in [-0.2, -0.15) is 4.31 Å². The molecular formula is C15H24N2O4S. The van der Waals surface area contributed by atoms with Crippen molar-refractivity contribution in [3.05, 3.63) is 18.0 Å². The van der Waals surface area contributed by atoms with Crippen LogP contribution in [0.5, 0.6) is 0 Å². The van der Waals surface area contributed by atoms with Gasteiger partial charge in [-0.1, -0.05) is 26.7 Å². The van der Waals surface area contributed by atoms with Gasteiger partial charge in [0.25, 0.3) is 0 Å². The number of carboxylic acid groups (broad SMARTS) is 1. The summed E-state index contributed by atoms with van der Waals surface area (Å²) in [5.74, 6) is -1.13. The van der Waals surface area contributed by atoms with Crippen molar-refractivity contribution in [2.45, 2.75) is 44.4 Å². The first-order valence-electron chi connectivity index (χ1n) is 7.65. The van der Waals surface area contributed by atoms with E-state index in [0.29, 0.717) is 13.1 Å². The van der Waals surface area contributed by atoms with E-state index in [1.165, 1.54) is 28.2 Å². The first kappa shape index (κ1) is 17.0. The first-order valence-corrected chi connectivity index (χ1v) is 9.09. The minimum atomic E-state index is -3.61. The molecule has 0 amide bonds. The van der Waals surface area contributed by atoms with Gasteiger partial charge in [0.1, 0.15) is 10.6 Å². The van der Waals surface area contributed by atoms with Crippen LogP contribution in [0.15, 0.2) is 17.2 Å². The zero-order valence-electron chi connectivity index (χ0n) is 13.4. The van der Waals surface area contributed by atoms with Crippen molar-refractivity contribution >= 4 is 16.0 Å². The molecule has 0 unspecified atom stereocenters. The summed E-state index contributed by atoms with van der Waals surface area (Å²) in [4.78, 5) is 11.1. The lowest BCUT2D eigenvalue weighted by molar-refractivity contribution is 0.0686. The molecule has 22 heavy (non-hydrogen) atoms. The highest BCUT2D eigenvalue weighted by Crippen LogP contribution is 2.39. The van der Waals surface area contributed by atoms with Crippen molar-refractivity contribution in [3.63, 3.8) is 0 Å². The van der Waals surface area contributed by atoms with Crippen LogP contribution in [-0.2, 0) is 17.1 Å². The van der Waals surface area contributed by atoms with Gasteiger partial charge in [0, 0.05) is 26.3 Å². The highest BCUT2D eigenvalue weighted by Gasteiger charge is 2.36. The van der Waals surface area contributed by atoms with E-state index in [4.69, 9.17) is 5.11 Å². The SMILES string of the molecule is CCC1(CC)CCN(S(=O)(=O)c2cc(C(=O)O)n(C)c2)CC1. The van der Waals surface area contributed by atoms with Gasteiger partial charge in [0.05, 0.1) is 0 Å². The Kier molecular flexibility index (Phi) is 4.67. The average Bonchev–Trinajstić information content (AvgIpc) is 2.90. The number of piperidine rings is 1. The van der Waals surface area contributed by atoms with Crippen LogP contribution in [0.4, 0.5) is 0 Å². The monoisotopic (exact) mass is 328 g/mol. The average molecular weight is 328 g/mol. The second-order valence-corrected chi connectivity index (χ2v) is 8.03. The molecular weight excluding hydrogens is 304 g/mol. The number of carbonyl (C=O) groups is 1. The van der Waals surface area contributed by atoms with Crippen molar-refractivity contribution in [1.82, 2.24) is 8.87 Å². The Morgan fingerprint density at radius 1 is 1.27 bits per heavy atom. The van der Waals surface area contributed by atoms with Crippen molar-refractivity contribution in [2.24, 2.45) is 12.5 Å². The van der Waals surface area contributed by atoms with Crippen LogP contribution in [0.3, 0.4) is 0 Å². The summed E-state index contributed by atoms with van der Waals surface area (Å²) >= 11 is 0. The summed E-state index contributed by atoms with van der Waals surface area (Å²) < 4.78 is 28.2. The van der Waals surface area contributed by atoms with E-state index in [-0.39, 0.29) is 16.0 Å². The summed E-state index contributed by atoms with van der Waals surface area (Å²) in [5, 5.41) is 9.06. The molecule has 0 radical (unpaired) electrons. The molecule has 1 aromatic heterocycles. The maximum absolute atomic E-state index is 12.7. The smallest absolute Gasteiger partial charge is 0.352 e. The topological polar surface area (TPSA) is 79.6 Å². The molecule has 1 aliphatic rings. The predicted molar refractivity (Wildman–Crippen MR) is 83.4 cm³/mol. The van der Waals surface area contributed by atoms with Crippen LogP contribution in [0.25, 0.3) is 0 Å². The van der Waals surface area contributed by atoms with Gasteiger partial charge >= 0.3 is 5.97 Å². The van der Waals surface area contributed by atoms with E-state index >= 15 is 0 Å². The fourth-order valence-corrected chi connectivity index (χ4v) is 4.71. The van der Waals surface area contributed by atoms with Gasteiger partial charge < -0.3 is 9.67 Å². The van der Waals surface area contributed by atoms with Crippen LogP contribution < -0.4 is 0 Å². The fraction of sp³-hybridized carbons (Fsp3) is 0.667. The Labute approximate surface area is 131 Å². The van der Waals surface area contributed by atoms with E-state index in [0.717, 1.165) is 25.7 Å². The van der Waals surface area contributed by atoms with Crippen LogP contribution in [0.1, 0.15) is 50.0 Å². The minimum Gasteiger partial charge on any atom is -0.477 e. The van der Waals surface area contributed by atoms with E-state index in [2.05, 4.69) is 13.8 Å². The molecule has 2 heterocycles. The molecule has 0 atom stereocenters. The van der Waals surface area contributed by atoms with E-state index < -0.39 is 16.0 Å². The fourth-order valence-electron chi connectivity index (χ4n) is 3.19. The molecule has 0 aliphatic carbocycles. The van der Waals surface area contributed by atoms with Crippen molar-refractivity contribution in [2.75, 3.05) is 13.1 Å². The van der Waals surface area contributed by atoms with Gasteiger partial charge in [-0.05, 0) is 24.3 Å². The summed E-state index contributed by atoms with van der Waals surface area (Å²) in [6, 6.07) is 1.24. The van der Waals surface area contributed by atoms with E-state index in [1.807, 2.05) is 0 Å². The summed E-state index contributed by atoms with van der Waals surface area (Å²) in [7, 11) is -2.08. The third kappa shape index (κ3) is 2.92. The Bertz CT molecular complexity index is 649. The maximum Gasteiger partial charge on any atom is 0.352 e. The molecule has 1 N–H and O–H groups in total. The molecule has 0 saturated carbocycles. The third-order valence-corrected chi connectivity index (χ3v) is 6.98. The van der Waals surface area contributed by atoms with Crippen molar-refractivity contribution < 1.29 is 18.3 Å². The Balaban J connectivity index is 2.22. The van der Waals surface area contributed by atoms with Crippen LogP contribution in [0, 0.1) is 5.41 Å². The Hall–Kier alpha value is -1.34. The highest BCUT2D eigenvalue weighted by atomic mass is 32.2. The number of carboxylic acids is 1. The van der Waals surface area contributed by atoms with Crippen LogP contribution in [-0.4, -0.2) is 41.5 Å². The lowest BCUT2D eigenvalue weighted by Gasteiger charge is -2.40. The number of rotatable bonds is 5. The number of hydrogen-bond acceptors (Lipinski definition) is 3. The van der Waals surface area contributed by atoms with Gasteiger partial charge in [-0.25, -0.2) is 13.2 Å². The number of sulfonamides is 1. The molecule has 7 heteroatoms. The van der Waals surface area contributed by atoms with Crippen LogP contribution >= 0.6 is 0 Å². The largest absolute Gasteiger partial charge is 0.477 e. The van der Waals surface area contributed by atoms with Crippen molar-refractivity contribution in [1.29, 1.82) is 0 Å². The molecule has 0 bridgehead atoms. The predicted octanol–water partition coefficient (Wildman–Crippen LogP) is 2.31. The molecule has 1 fully saturated rings. The molecule has 1 saturated heterocycles. The Morgan fingerprint density at radius 3 is 2.23 bits per heavy atom. The Morgan fingerprint density at radius 2 is 1.82 bits per heavy atom. The molecule has 6 nitrogen and oxygen atoms in total. The number of aryl methyl sites for hydroxylation is 1. The van der Waals surface area contributed by atoms with Gasteiger partial charge in [-0.3, -0.25) is 0 Å². The second-order valence-electron chi connectivity index (χ2n) is 6.09. The lowest BCUT2D eigenvalue weighted by atomic mass is 9.75. The summed E-state index contributed by atoms with van der Waals surface area (Å²) in [5.41, 5.74) is 0.224.